The van der Waals surface area contributed by atoms with Crippen LogP contribution in [0.25, 0.3) is 0 Å². The SMILES string of the molecule is Cc1c(Cl)cccc1C(=O)N(C1CCCC1)[C@H]1CCN(C(=O)O)C1C(C)(C)C. The zero-order valence-corrected chi connectivity index (χ0v) is 18.0. The Morgan fingerprint density at radius 2 is 1.82 bits per heavy atom. The van der Waals surface area contributed by atoms with Gasteiger partial charge in [0.1, 0.15) is 0 Å². The maximum absolute atomic E-state index is 13.7. The van der Waals surface area contributed by atoms with Gasteiger partial charge in [-0.05, 0) is 49.3 Å². The summed E-state index contributed by atoms with van der Waals surface area (Å²) in [5.74, 6) is -0.0154. The first-order valence-electron chi connectivity index (χ1n) is 10.2. The summed E-state index contributed by atoms with van der Waals surface area (Å²) in [7, 11) is 0. The molecule has 2 aliphatic rings. The van der Waals surface area contributed by atoms with Crippen molar-refractivity contribution in [3.8, 4) is 0 Å². The van der Waals surface area contributed by atoms with E-state index in [1.165, 1.54) is 4.90 Å². The second kappa shape index (κ2) is 7.94. The Morgan fingerprint density at radius 3 is 2.39 bits per heavy atom. The molecule has 1 N–H and O–H groups in total. The molecule has 154 valence electrons. The third-order valence-corrected chi connectivity index (χ3v) is 6.72. The van der Waals surface area contributed by atoms with E-state index < -0.39 is 6.09 Å². The lowest BCUT2D eigenvalue weighted by molar-refractivity contribution is 0.0341. The fourth-order valence-electron chi connectivity index (χ4n) is 5.07. The summed E-state index contributed by atoms with van der Waals surface area (Å²) >= 11 is 6.29. The van der Waals surface area contributed by atoms with Crippen LogP contribution in [-0.4, -0.2) is 51.6 Å². The van der Waals surface area contributed by atoms with Crippen LogP contribution in [-0.2, 0) is 0 Å². The molecular weight excluding hydrogens is 376 g/mol. The Labute approximate surface area is 172 Å². The van der Waals surface area contributed by atoms with Crippen molar-refractivity contribution in [2.75, 3.05) is 6.54 Å². The fraction of sp³-hybridized carbons (Fsp3) is 0.636. The maximum atomic E-state index is 13.7. The Balaban J connectivity index is 2.04. The van der Waals surface area contributed by atoms with Crippen LogP contribution in [0.2, 0.25) is 5.02 Å². The Kier molecular flexibility index (Phi) is 5.95. The molecule has 0 bridgehead atoms. The molecule has 5 nitrogen and oxygen atoms in total. The molecule has 2 amide bonds. The highest BCUT2D eigenvalue weighted by atomic mass is 35.5. The number of benzene rings is 1. The lowest BCUT2D eigenvalue weighted by Gasteiger charge is -2.44. The molecule has 0 radical (unpaired) electrons. The molecule has 2 fully saturated rings. The molecule has 0 spiro atoms. The summed E-state index contributed by atoms with van der Waals surface area (Å²) in [6.07, 6.45) is 3.95. The maximum Gasteiger partial charge on any atom is 0.407 e. The van der Waals surface area contributed by atoms with Crippen molar-refractivity contribution < 1.29 is 14.7 Å². The molecule has 1 aliphatic carbocycles. The molecule has 1 aliphatic heterocycles. The van der Waals surface area contributed by atoms with E-state index >= 15 is 0 Å². The Morgan fingerprint density at radius 1 is 1.18 bits per heavy atom. The second-order valence-electron chi connectivity index (χ2n) is 9.21. The third kappa shape index (κ3) is 3.86. The number of hydrogen-bond acceptors (Lipinski definition) is 2. The first kappa shape index (κ1) is 21.0. The smallest absolute Gasteiger partial charge is 0.407 e. The van der Waals surface area contributed by atoms with Crippen molar-refractivity contribution in [3.05, 3.63) is 34.3 Å². The number of nitrogens with zero attached hydrogens (tertiary/aromatic N) is 2. The average Bonchev–Trinajstić information content (AvgIpc) is 3.27. The minimum atomic E-state index is -0.903. The summed E-state index contributed by atoms with van der Waals surface area (Å²) in [6, 6.07) is 5.26. The molecule has 1 unspecified atom stereocenters. The van der Waals surface area contributed by atoms with Gasteiger partial charge in [-0.25, -0.2) is 4.79 Å². The van der Waals surface area contributed by atoms with Crippen molar-refractivity contribution in [1.29, 1.82) is 0 Å². The van der Waals surface area contributed by atoms with Crippen LogP contribution >= 0.6 is 11.6 Å². The van der Waals surface area contributed by atoms with Gasteiger partial charge < -0.3 is 14.9 Å². The van der Waals surface area contributed by atoms with Gasteiger partial charge in [0, 0.05) is 23.2 Å². The highest BCUT2D eigenvalue weighted by Gasteiger charge is 2.49. The van der Waals surface area contributed by atoms with Crippen molar-refractivity contribution >= 4 is 23.6 Å². The van der Waals surface area contributed by atoms with Crippen LogP contribution in [0.1, 0.15) is 68.8 Å². The standard InChI is InChI=1S/C22H31ClN2O3/c1-14-16(10-7-11-17(14)23)20(26)25(15-8-5-6-9-15)18-12-13-24(21(27)28)19(18)22(2,3)4/h7,10-11,15,18-19H,5-6,8-9,12-13H2,1-4H3,(H,27,28)/t18-,19?/m0/s1. The van der Waals surface area contributed by atoms with E-state index in [9.17, 15) is 14.7 Å². The van der Waals surface area contributed by atoms with Gasteiger partial charge in [-0.3, -0.25) is 4.79 Å². The number of carboxylic acid groups (broad SMARTS) is 1. The Bertz CT molecular complexity index is 753. The molecule has 1 saturated heterocycles. The predicted octanol–water partition coefficient (Wildman–Crippen LogP) is 5.20. The van der Waals surface area contributed by atoms with E-state index in [1.807, 2.05) is 24.0 Å². The van der Waals surface area contributed by atoms with E-state index in [-0.39, 0.29) is 29.4 Å². The summed E-state index contributed by atoms with van der Waals surface area (Å²) in [4.78, 5) is 29.2. The number of carbonyl (C=O) groups excluding carboxylic acids is 1. The fourth-order valence-corrected chi connectivity index (χ4v) is 5.25. The van der Waals surface area contributed by atoms with E-state index in [1.54, 1.807) is 6.07 Å². The van der Waals surface area contributed by atoms with Crippen LogP contribution in [0, 0.1) is 12.3 Å². The van der Waals surface area contributed by atoms with Gasteiger partial charge in [0.2, 0.25) is 0 Å². The van der Waals surface area contributed by atoms with Crippen LogP contribution < -0.4 is 0 Å². The minimum Gasteiger partial charge on any atom is -0.465 e. The van der Waals surface area contributed by atoms with Crippen LogP contribution in [0.3, 0.4) is 0 Å². The molecule has 3 rings (SSSR count). The van der Waals surface area contributed by atoms with Crippen molar-refractivity contribution in [2.24, 2.45) is 5.41 Å². The number of halogens is 1. The zero-order chi connectivity index (χ0) is 20.6. The van der Waals surface area contributed by atoms with Crippen molar-refractivity contribution in [2.45, 2.75) is 77.9 Å². The van der Waals surface area contributed by atoms with Crippen molar-refractivity contribution in [3.63, 3.8) is 0 Å². The number of hydrogen-bond donors (Lipinski definition) is 1. The van der Waals surface area contributed by atoms with E-state index in [0.29, 0.717) is 23.6 Å². The molecule has 2 atom stereocenters. The summed E-state index contributed by atoms with van der Waals surface area (Å²) in [6.45, 7) is 8.53. The lowest BCUT2D eigenvalue weighted by Crippen LogP contribution is -2.56. The largest absolute Gasteiger partial charge is 0.465 e. The monoisotopic (exact) mass is 406 g/mol. The molecule has 28 heavy (non-hydrogen) atoms. The topological polar surface area (TPSA) is 60.9 Å². The second-order valence-corrected chi connectivity index (χ2v) is 9.61. The van der Waals surface area contributed by atoms with Crippen molar-refractivity contribution in [1.82, 2.24) is 9.80 Å². The minimum absolute atomic E-state index is 0.0154. The molecule has 6 heteroatoms. The van der Waals surface area contributed by atoms with Gasteiger partial charge in [0.05, 0.1) is 12.1 Å². The molecule has 1 aromatic carbocycles. The first-order chi connectivity index (χ1) is 13.1. The van der Waals surface area contributed by atoms with E-state index in [0.717, 1.165) is 31.2 Å². The van der Waals surface area contributed by atoms with E-state index in [2.05, 4.69) is 20.8 Å². The number of carbonyl (C=O) groups is 2. The average molecular weight is 407 g/mol. The predicted molar refractivity (Wildman–Crippen MR) is 111 cm³/mol. The molecule has 1 heterocycles. The van der Waals surface area contributed by atoms with Gasteiger partial charge in [0.15, 0.2) is 0 Å². The van der Waals surface area contributed by atoms with Crippen LogP contribution in [0.5, 0.6) is 0 Å². The molecular formula is C22H31ClN2O3. The summed E-state index contributed by atoms with van der Waals surface area (Å²) in [5, 5.41) is 10.3. The van der Waals surface area contributed by atoms with Gasteiger partial charge in [-0.1, -0.05) is 51.3 Å². The quantitative estimate of drug-likeness (QED) is 0.750. The molecule has 0 aromatic heterocycles. The zero-order valence-electron chi connectivity index (χ0n) is 17.2. The highest BCUT2D eigenvalue weighted by molar-refractivity contribution is 6.31. The Hall–Kier alpha value is -1.75. The summed E-state index contributed by atoms with van der Waals surface area (Å²) in [5.41, 5.74) is 1.15. The number of rotatable bonds is 3. The lowest BCUT2D eigenvalue weighted by atomic mass is 9.81. The van der Waals surface area contributed by atoms with Gasteiger partial charge in [-0.2, -0.15) is 0 Å². The summed E-state index contributed by atoms with van der Waals surface area (Å²) < 4.78 is 0. The van der Waals surface area contributed by atoms with Crippen LogP contribution in [0.15, 0.2) is 18.2 Å². The van der Waals surface area contributed by atoms with Gasteiger partial charge >= 0.3 is 6.09 Å². The third-order valence-electron chi connectivity index (χ3n) is 6.31. The normalized spacial score (nSPS) is 23.2. The van der Waals surface area contributed by atoms with Gasteiger partial charge in [-0.15, -0.1) is 0 Å². The van der Waals surface area contributed by atoms with Gasteiger partial charge in [0.25, 0.3) is 5.91 Å². The molecule has 1 aromatic rings. The first-order valence-corrected chi connectivity index (χ1v) is 10.6. The van der Waals surface area contributed by atoms with Crippen LogP contribution in [0.4, 0.5) is 4.79 Å². The highest BCUT2D eigenvalue weighted by Crippen LogP contribution is 2.39. The number of amides is 2. The molecule has 1 saturated carbocycles. The number of likely N-dealkylation sites (tertiary alicyclic amines) is 1. The van der Waals surface area contributed by atoms with E-state index in [4.69, 9.17) is 11.6 Å².